The quantitative estimate of drug-likeness (QED) is 0.866. The lowest BCUT2D eigenvalue weighted by Gasteiger charge is -2.16. The molecule has 1 aliphatic heterocycles. The molecule has 0 radical (unpaired) electrons. The minimum Gasteiger partial charge on any atom is -0.508 e. The molecule has 0 unspecified atom stereocenters. The van der Waals surface area contributed by atoms with Crippen LogP contribution in [0.15, 0.2) is 42.2 Å². The number of rotatable bonds is 4. The van der Waals surface area contributed by atoms with E-state index in [-0.39, 0.29) is 23.4 Å². The lowest BCUT2D eigenvalue weighted by molar-refractivity contribution is 0.101. The second-order valence-corrected chi connectivity index (χ2v) is 5.67. The van der Waals surface area contributed by atoms with E-state index < -0.39 is 0 Å². The van der Waals surface area contributed by atoms with Crippen molar-refractivity contribution in [3.8, 4) is 23.0 Å². The molecule has 0 fully saturated rings. The van der Waals surface area contributed by atoms with Crippen LogP contribution in [0.1, 0.15) is 29.8 Å². The Hall–Kier alpha value is -2.95. The molecule has 0 saturated heterocycles. The minimum atomic E-state index is -0.233. The highest BCUT2D eigenvalue weighted by Crippen LogP contribution is 2.37. The van der Waals surface area contributed by atoms with Crippen molar-refractivity contribution in [1.29, 1.82) is 0 Å². The molecule has 3 rings (SSSR count). The van der Waals surface area contributed by atoms with Crippen molar-refractivity contribution in [3.05, 3.63) is 53.3 Å². The van der Waals surface area contributed by atoms with Crippen molar-refractivity contribution in [2.45, 2.75) is 20.0 Å². The number of hydrogen-bond acceptors (Lipinski definition) is 5. The zero-order valence-electron chi connectivity index (χ0n) is 13.7. The summed E-state index contributed by atoms with van der Waals surface area (Å²) < 4.78 is 16.8. The minimum absolute atomic E-state index is 0.0483. The SMILES string of the molecule is COc1cccc(/C=C2\Oc3cc(O)ccc3C2=O)c1OC(C)C. The van der Waals surface area contributed by atoms with Gasteiger partial charge in [0.1, 0.15) is 11.5 Å². The Bertz CT molecular complexity index is 821. The fraction of sp³-hybridized carbons (Fsp3) is 0.211. The molecule has 0 aliphatic carbocycles. The molecule has 0 atom stereocenters. The van der Waals surface area contributed by atoms with Crippen LogP contribution in [0, 0.1) is 0 Å². The topological polar surface area (TPSA) is 65.0 Å². The van der Waals surface area contributed by atoms with Crippen LogP contribution in [0.3, 0.4) is 0 Å². The molecular formula is C19H18O5. The average molecular weight is 326 g/mol. The van der Waals surface area contributed by atoms with Crippen LogP contribution in [-0.4, -0.2) is 24.1 Å². The number of para-hydroxylation sites is 1. The number of aromatic hydroxyl groups is 1. The number of carbonyl (C=O) groups is 1. The van der Waals surface area contributed by atoms with Crippen molar-refractivity contribution >= 4 is 11.9 Å². The van der Waals surface area contributed by atoms with Crippen molar-refractivity contribution < 1.29 is 24.1 Å². The van der Waals surface area contributed by atoms with Gasteiger partial charge in [-0.2, -0.15) is 0 Å². The van der Waals surface area contributed by atoms with Gasteiger partial charge in [-0.3, -0.25) is 4.79 Å². The molecular weight excluding hydrogens is 308 g/mol. The molecule has 0 saturated carbocycles. The highest BCUT2D eigenvalue weighted by Gasteiger charge is 2.28. The number of phenolic OH excluding ortho intramolecular Hbond substituents is 1. The first-order valence-corrected chi connectivity index (χ1v) is 7.60. The second-order valence-electron chi connectivity index (χ2n) is 5.67. The lowest BCUT2D eigenvalue weighted by Crippen LogP contribution is -2.08. The first kappa shape index (κ1) is 15.9. The number of fused-ring (bicyclic) bond motifs is 1. The van der Waals surface area contributed by atoms with Gasteiger partial charge < -0.3 is 19.3 Å². The van der Waals surface area contributed by atoms with Gasteiger partial charge in [0.05, 0.1) is 18.8 Å². The van der Waals surface area contributed by atoms with Crippen LogP contribution in [0.2, 0.25) is 0 Å². The Morgan fingerprint density at radius 1 is 1.21 bits per heavy atom. The standard InChI is InChI=1S/C19H18O5/c1-11(2)23-19-12(5-4-6-15(19)22-3)9-17-18(21)14-8-7-13(20)10-16(14)24-17/h4-11,20H,1-3H3/b17-9-. The summed E-state index contributed by atoms with van der Waals surface area (Å²) in [5.41, 5.74) is 1.11. The van der Waals surface area contributed by atoms with Gasteiger partial charge in [-0.15, -0.1) is 0 Å². The average Bonchev–Trinajstić information content (AvgIpc) is 2.84. The fourth-order valence-electron chi connectivity index (χ4n) is 2.49. The Kier molecular flexibility index (Phi) is 4.16. The Morgan fingerprint density at radius 3 is 2.71 bits per heavy atom. The van der Waals surface area contributed by atoms with E-state index in [2.05, 4.69) is 0 Å². The Labute approximate surface area is 140 Å². The van der Waals surface area contributed by atoms with Crippen LogP contribution in [0.5, 0.6) is 23.0 Å². The predicted molar refractivity (Wildman–Crippen MR) is 89.8 cm³/mol. The number of ether oxygens (including phenoxy) is 3. The van der Waals surface area contributed by atoms with Crippen LogP contribution >= 0.6 is 0 Å². The van der Waals surface area contributed by atoms with E-state index >= 15 is 0 Å². The lowest BCUT2D eigenvalue weighted by atomic mass is 10.1. The molecule has 24 heavy (non-hydrogen) atoms. The summed E-state index contributed by atoms with van der Waals surface area (Å²) in [5, 5.41) is 9.52. The van der Waals surface area contributed by atoms with Gasteiger partial charge in [-0.05, 0) is 38.1 Å². The maximum atomic E-state index is 12.5. The maximum Gasteiger partial charge on any atom is 0.231 e. The van der Waals surface area contributed by atoms with Crippen molar-refractivity contribution in [2.24, 2.45) is 0 Å². The largest absolute Gasteiger partial charge is 0.508 e. The molecule has 2 aromatic carbocycles. The number of ketones is 1. The van der Waals surface area contributed by atoms with Gasteiger partial charge >= 0.3 is 0 Å². The monoisotopic (exact) mass is 326 g/mol. The highest BCUT2D eigenvalue weighted by molar-refractivity contribution is 6.14. The van der Waals surface area contributed by atoms with E-state index in [1.54, 1.807) is 25.3 Å². The third-order valence-corrected chi connectivity index (χ3v) is 3.52. The number of phenols is 1. The summed E-state index contributed by atoms with van der Waals surface area (Å²) in [6.07, 6.45) is 1.58. The van der Waals surface area contributed by atoms with E-state index in [9.17, 15) is 9.90 Å². The van der Waals surface area contributed by atoms with E-state index in [1.807, 2.05) is 26.0 Å². The normalized spacial score (nSPS) is 14.7. The van der Waals surface area contributed by atoms with Crippen LogP contribution in [0.25, 0.3) is 6.08 Å². The summed E-state index contributed by atoms with van der Waals surface area (Å²) >= 11 is 0. The first-order valence-electron chi connectivity index (χ1n) is 7.60. The molecule has 0 spiro atoms. The zero-order valence-corrected chi connectivity index (χ0v) is 13.7. The molecule has 5 heteroatoms. The van der Waals surface area contributed by atoms with Gasteiger partial charge in [0.2, 0.25) is 5.78 Å². The summed E-state index contributed by atoms with van der Waals surface area (Å²) in [4.78, 5) is 12.5. The van der Waals surface area contributed by atoms with Crippen molar-refractivity contribution in [3.63, 3.8) is 0 Å². The molecule has 0 amide bonds. The molecule has 2 aromatic rings. The number of allylic oxidation sites excluding steroid dienone is 1. The number of carbonyl (C=O) groups excluding carboxylic acids is 1. The smallest absolute Gasteiger partial charge is 0.231 e. The summed E-state index contributed by atoms with van der Waals surface area (Å²) in [5.74, 6) is 1.48. The van der Waals surface area contributed by atoms with Crippen LogP contribution < -0.4 is 14.2 Å². The van der Waals surface area contributed by atoms with Crippen LogP contribution in [0.4, 0.5) is 0 Å². The second kappa shape index (κ2) is 6.28. The van der Waals surface area contributed by atoms with Gasteiger partial charge in [-0.1, -0.05) is 12.1 Å². The van der Waals surface area contributed by atoms with Crippen LogP contribution in [-0.2, 0) is 0 Å². The molecule has 1 heterocycles. The number of Topliss-reactive ketones (excluding diaryl/α,β-unsaturated/α-hetero) is 1. The third kappa shape index (κ3) is 2.93. The number of hydrogen-bond donors (Lipinski definition) is 1. The van der Waals surface area contributed by atoms with Gasteiger partial charge in [-0.25, -0.2) is 0 Å². The van der Waals surface area contributed by atoms with E-state index in [0.29, 0.717) is 28.4 Å². The first-order chi connectivity index (χ1) is 11.5. The van der Waals surface area contributed by atoms with Crippen molar-refractivity contribution in [2.75, 3.05) is 7.11 Å². The molecule has 5 nitrogen and oxygen atoms in total. The number of methoxy groups -OCH3 is 1. The fourth-order valence-corrected chi connectivity index (χ4v) is 2.49. The molecule has 1 N–H and O–H groups in total. The van der Waals surface area contributed by atoms with Crippen molar-refractivity contribution in [1.82, 2.24) is 0 Å². The predicted octanol–water partition coefficient (Wildman–Crippen LogP) is 3.80. The van der Waals surface area contributed by atoms with E-state index in [1.165, 1.54) is 12.1 Å². The Morgan fingerprint density at radius 2 is 2.00 bits per heavy atom. The summed E-state index contributed by atoms with van der Waals surface area (Å²) in [6.45, 7) is 3.83. The summed E-state index contributed by atoms with van der Waals surface area (Å²) in [7, 11) is 1.56. The third-order valence-electron chi connectivity index (χ3n) is 3.52. The number of benzene rings is 2. The summed E-state index contributed by atoms with van der Waals surface area (Å²) in [6, 6.07) is 9.86. The highest BCUT2D eigenvalue weighted by atomic mass is 16.5. The van der Waals surface area contributed by atoms with Gasteiger partial charge in [0.25, 0.3) is 0 Å². The zero-order chi connectivity index (χ0) is 17.3. The Balaban J connectivity index is 2.02. The van der Waals surface area contributed by atoms with Gasteiger partial charge in [0.15, 0.2) is 17.3 Å². The van der Waals surface area contributed by atoms with E-state index in [4.69, 9.17) is 14.2 Å². The van der Waals surface area contributed by atoms with E-state index in [0.717, 1.165) is 0 Å². The molecule has 124 valence electrons. The van der Waals surface area contributed by atoms with Gasteiger partial charge in [0, 0.05) is 11.6 Å². The molecule has 0 bridgehead atoms. The molecule has 1 aliphatic rings. The maximum absolute atomic E-state index is 12.5. The molecule has 0 aromatic heterocycles.